The Hall–Kier alpha value is -1.99. The van der Waals surface area contributed by atoms with Gasteiger partial charge in [-0.15, -0.1) is 0 Å². The fraction of sp³-hybridized carbons (Fsp3) is 0.364. The first-order valence-corrected chi connectivity index (χ1v) is 11.0. The fourth-order valence-electron chi connectivity index (χ4n) is 3.49. The standard InChI is InChI=1S/C22H24ClN3O2S/c1-15-4-3-5-17(14-15)21(27)26(9-8-25-10-12-28-13-11-25)22-24-20-16(2)18(23)6-7-19(20)29-22/h3-7,14H,8-13H2,1-2H3. The first-order chi connectivity index (χ1) is 14.0. The molecule has 0 saturated carbocycles. The van der Waals surface area contributed by atoms with E-state index in [1.165, 1.54) is 11.3 Å². The lowest BCUT2D eigenvalue weighted by atomic mass is 10.1. The van der Waals surface area contributed by atoms with E-state index in [1.807, 2.05) is 55.1 Å². The maximum absolute atomic E-state index is 13.4. The summed E-state index contributed by atoms with van der Waals surface area (Å²) in [6.07, 6.45) is 0. The molecule has 1 aliphatic heterocycles. The average molecular weight is 430 g/mol. The van der Waals surface area contributed by atoms with Crippen LogP contribution in [0.15, 0.2) is 36.4 Å². The zero-order valence-corrected chi connectivity index (χ0v) is 18.2. The van der Waals surface area contributed by atoms with Crippen molar-refractivity contribution < 1.29 is 9.53 Å². The van der Waals surface area contributed by atoms with Crippen LogP contribution in [0.5, 0.6) is 0 Å². The number of aryl methyl sites for hydroxylation is 2. The summed E-state index contributed by atoms with van der Waals surface area (Å²) in [5, 5.41) is 1.41. The molecule has 0 aliphatic carbocycles. The molecule has 0 bridgehead atoms. The minimum Gasteiger partial charge on any atom is -0.379 e. The molecule has 1 saturated heterocycles. The van der Waals surface area contributed by atoms with Crippen molar-refractivity contribution in [3.63, 3.8) is 0 Å². The summed E-state index contributed by atoms with van der Waals surface area (Å²) >= 11 is 7.81. The number of nitrogens with zero attached hydrogens (tertiary/aromatic N) is 3. The Balaban J connectivity index is 1.67. The zero-order valence-electron chi connectivity index (χ0n) is 16.7. The highest BCUT2D eigenvalue weighted by Crippen LogP contribution is 2.34. The Bertz CT molecular complexity index is 1030. The molecule has 2 aromatic carbocycles. The van der Waals surface area contributed by atoms with Gasteiger partial charge in [-0.1, -0.05) is 40.6 Å². The lowest BCUT2D eigenvalue weighted by Gasteiger charge is -2.29. The summed E-state index contributed by atoms with van der Waals surface area (Å²) < 4.78 is 6.48. The zero-order chi connectivity index (χ0) is 20.4. The van der Waals surface area contributed by atoms with E-state index in [-0.39, 0.29) is 5.91 Å². The summed E-state index contributed by atoms with van der Waals surface area (Å²) in [5.74, 6) is -0.0234. The molecule has 1 aliphatic rings. The van der Waals surface area contributed by atoms with Crippen LogP contribution in [0.2, 0.25) is 5.02 Å². The highest BCUT2D eigenvalue weighted by atomic mass is 35.5. The van der Waals surface area contributed by atoms with Crippen molar-refractivity contribution in [1.82, 2.24) is 9.88 Å². The summed E-state index contributed by atoms with van der Waals surface area (Å²) in [5.41, 5.74) is 3.56. The molecule has 5 nitrogen and oxygen atoms in total. The topological polar surface area (TPSA) is 45.7 Å². The van der Waals surface area contributed by atoms with Crippen LogP contribution < -0.4 is 4.90 Å². The number of rotatable bonds is 5. The molecule has 1 fully saturated rings. The number of ether oxygens (including phenoxy) is 1. The number of fused-ring (bicyclic) bond motifs is 1. The second kappa shape index (κ2) is 8.79. The Morgan fingerprint density at radius 2 is 2.03 bits per heavy atom. The molecule has 1 aromatic heterocycles. The number of benzene rings is 2. The first kappa shape index (κ1) is 20.3. The summed E-state index contributed by atoms with van der Waals surface area (Å²) in [7, 11) is 0. The number of carbonyl (C=O) groups is 1. The third-order valence-electron chi connectivity index (χ3n) is 5.22. The number of thiazole rings is 1. The number of hydrogen-bond donors (Lipinski definition) is 0. The van der Waals surface area contributed by atoms with E-state index in [4.69, 9.17) is 21.3 Å². The van der Waals surface area contributed by atoms with Gasteiger partial charge in [-0.2, -0.15) is 0 Å². The summed E-state index contributed by atoms with van der Waals surface area (Å²) in [6, 6.07) is 11.6. The largest absolute Gasteiger partial charge is 0.379 e. The third-order valence-corrected chi connectivity index (χ3v) is 6.67. The molecule has 0 spiro atoms. The van der Waals surface area contributed by atoms with Crippen LogP contribution >= 0.6 is 22.9 Å². The predicted octanol–water partition coefficient (Wildman–Crippen LogP) is 4.55. The van der Waals surface area contributed by atoms with Crippen LogP contribution in [0.4, 0.5) is 5.13 Å². The van der Waals surface area contributed by atoms with Crippen molar-refractivity contribution in [2.45, 2.75) is 13.8 Å². The van der Waals surface area contributed by atoms with Gasteiger partial charge in [0.1, 0.15) is 0 Å². The highest BCUT2D eigenvalue weighted by Gasteiger charge is 2.23. The van der Waals surface area contributed by atoms with Crippen LogP contribution in [0.1, 0.15) is 21.5 Å². The van der Waals surface area contributed by atoms with Crippen LogP contribution in [-0.2, 0) is 4.74 Å². The molecule has 152 valence electrons. The molecular formula is C22H24ClN3O2S. The molecule has 0 unspecified atom stereocenters. The van der Waals surface area contributed by atoms with Gasteiger partial charge in [0, 0.05) is 36.8 Å². The number of amides is 1. The highest BCUT2D eigenvalue weighted by molar-refractivity contribution is 7.22. The van der Waals surface area contributed by atoms with Gasteiger partial charge >= 0.3 is 0 Å². The minimum absolute atomic E-state index is 0.0234. The second-order valence-corrected chi connectivity index (χ2v) is 8.71. The quantitative estimate of drug-likeness (QED) is 0.597. The van der Waals surface area contributed by atoms with Gasteiger partial charge in [-0.25, -0.2) is 4.98 Å². The minimum atomic E-state index is -0.0234. The van der Waals surface area contributed by atoms with Gasteiger partial charge in [0.15, 0.2) is 5.13 Å². The van der Waals surface area contributed by atoms with Crippen molar-refractivity contribution in [2.75, 3.05) is 44.3 Å². The first-order valence-electron chi connectivity index (χ1n) is 9.77. The van der Waals surface area contributed by atoms with E-state index in [9.17, 15) is 4.79 Å². The number of aromatic nitrogens is 1. The number of hydrogen-bond acceptors (Lipinski definition) is 5. The van der Waals surface area contributed by atoms with Crippen LogP contribution in [0.3, 0.4) is 0 Å². The normalized spacial score (nSPS) is 15.0. The molecule has 4 rings (SSSR count). The van der Waals surface area contributed by atoms with E-state index < -0.39 is 0 Å². The molecule has 0 atom stereocenters. The van der Waals surface area contributed by atoms with E-state index in [0.29, 0.717) is 22.3 Å². The van der Waals surface area contributed by atoms with Gasteiger partial charge in [-0.05, 0) is 43.7 Å². The van der Waals surface area contributed by atoms with Crippen molar-refractivity contribution in [3.05, 3.63) is 58.1 Å². The number of anilines is 1. The predicted molar refractivity (Wildman–Crippen MR) is 119 cm³/mol. The van der Waals surface area contributed by atoms with Gasteiger partial charge in [0.05, 0.1) is 23.4 Å². The van der Waals surface area contributed by atoms with Crippen molar-refractivity contribution in [2.24, 2.45) is 0 Å². The summed E-state index contributed by atoms with van der Waals surface area (Å²) in [4.78, 5) is 22.4. The molecule has 0 N–H and O–H groups in total. The lowest BCUT2D eigenvalue weighted by Crippen LogP contribution is -2.43. The monoisotopic (exact) mass is 429 g/mol. The number of morpholine rings is 1. The number of halogens is 1. The smallest absolute Gasteiger partial charge is 0.260 e. The lowest BCUT2D eigenvalue weighted by molar-refractivity contribution is 0.0391. The Morgan fingerprint density at radius 1 is 1.24 bits per heavy atom. The third kappa shape index (κ3) is 4.46. The summed E-state index contributed by atoms with van der Waals surface area (Å²) in [6.45, 7) is 8.60. The van der Waals surface area contributed by atoms with Crippen molar-refractivity contribution in [3.8, 4) is 0 Å². The van der Waals surface area contributed by atoms with Crippen molar-refractivity contribution in [1.29, 1.82) is 0 Å². The Morgan fingerprint density at radius 3 is 2.79 bits per heavy atom. The molecule has 1 amide bonds. The van der Waals surface area contributed by atoms with E-state index >= 15 is 0 Å². The molecule has 0 radical (unpaired) electrons. The average Bonchev–Trinajstić information content (AvgIpc) is 3.16. The molecule has 2 heterocycles. The van der Waals surface area contributed by atoms with Crippen LogP contribution in [0, 0.1) is 13.8 Å². The van der Waals surface area contributed by atoms with Gasteiger partial charge in [0.2, 0.25) is 0 Å². The fourth-order valence-corrected chi connectivity index (χ4v) is 4.69. The molecule has 7 heteroatoms. The second-order valence-electron chi connectivity index (χ2n) is 7.30. The van der Waals surface area contributed by atoms with E-state index in [2.05, 4.69) is 4.90 Å². The van der Waals surface area contributed by atoms with Gasteiger partial charge in [-0.3, -0.25) is 14.6 Å². The van der Waals surface area contributed by atoms with Gasteiger partial charge < -0.3 is 4.74 Å². The number of carbonyl (C=O) groups excluding carboxylic acids is 1. The maximum atomic E-state index is 13.4. The maximum Gasteiger partial charge on any atom is 0.260 e. The molecule has 3 aromatic rings. The van der Waals surface area contributed by atoms with Crippen molar-refractivity contribution >= 4 is 44.2 Å². The Kier molecular flexibility index (Phi) is 6.15. The van der Waals surface area contributed by atoms with E-state index in [0.717, 1.165) is 54.2 Å². The van der Waals surface area contributed by atoms with Gasteiger partial charge in [0.25, 0.3) is 5.91 Å². The van der Waals surface area contributed by atoms with E-state index in [1.54, 1.807) is 0 Å². The van der Waals surface area contributed by atoms with Crippen LogP contribution in [0.25, 0.3) is 10.2 Å². The Labute approximate surface area is 179 Å². The molecular weight excluding hydrogens is 406 g/mol. The SMILES string of the molecule is Cc1cccc(C(=O)N(CCN2CCOCC2)c2nc3c(C)c(Cl)ccc3s2)c1. The molecule has 29 heavy (non-hydrogen) atoms. The van der Waals surface area contributed by atoms with Crippen LogP contribution in [-0.4, -0.2) is 55.2 Å².